The Morgan fingerprint density at radius 3 is 2.33 bits per heavy atom. The summed E-state index contributed by atoms with van der Waals surface area (Å²) in [5.41, 5.74) is 9.22. The summed E-state index contributed by atoms with van der Waals surface area (Å²) in [6, 6.07) is 10.5. The van der Waals surface area contributed by atoms with E-state index >= 15 is 0 Å². The molecule has 0 aliphatic carbocycles. The van der Waals surface area contributed by atoms with Gasteiger partial charge in [-0.05, 0) is 74.5 Å². The minimum atomic E-state index is -0.379. The number of nitrogens with two attached hydrogens (primary N) is 1. The molecule has 7 heteroatoms. The molecule has 1 saturated heterocycles. The number of rotatable bonds is 3. The van der Waals surface area contributed by atoms with E-state index in [4.69, 9.17) is 5.73 Å². The molecule has 0 bridgehead atoms. The summed E-state index contributed by atoms with van der Waals surface area (Å²) in [6.45, 7) is 5.77. The summed E-state index contributed by atoms with van der Waals surface area (Å²) in [4.78, 5) is 41.9. The second-order valence-electron chi connectivity index (χ2n) is 7.97. The van der Waals surface area contributed by atoms with Gasteiger partial charge in [0.05, 0.1) is 16.8 Å². The number of fused-ring (bicyclic) bond motifs is 1. The molecule has 2 N–H and O–H groups in total. The predicted octanol–water partition coefficient (Wildman–Crippen LogP) is 3.34. The molecule has 6 nitrogen and oxygen atoms in total. The first-order valence-electron chi connectivity index (χ1n) is 10.00. The SMILES string of the molecule is Cc1ccc(C)c(N2C(=O)c3ccc(C(=O)N4CCC(CN)CC4)cc3C2=O)c1.Cl. The Morgan fingerprint density at radius 1 is 1.00 bits per heavy atom. The van der Waals surface area contributed by atoms with Crippen LogP contribution in [0, 0.1) is 19.8 Å². The molecule has 3 amide bonds. The number of hydrogen-bond acceptors (Lipinski definition) is 4. The molecule has 1 fully saturated rings. The number of carbonyl (C=O) groups excluding carboxylic acids is 3. The lowest BCUT2D eigenvalue weighted by Gasteiger charge is -2.31. The average Bonchev–Trinajstić information content (AvgIpc) is 2.99. The Labute approximate surface area is 182 Å². The maximum absolute atomic E-state index is 13.1. The van der Waals surface area contributed by atoms with E-state index in [0.717, 1.165) is 24.0 Å². The van der Waals surface area contributed by atoms with Gasteiger partial charge >= 0.3 is 0 Å². The van der Waals surface area contributed by atoms with Gasteiger partial charge in [0.15, 0.2) is 0 Å². The Morgan fingerprint density at radius 2 is 1.67 bits per heavy atom. The van der Waals surface area contributed by atoms with Gasteiger partial charge in [-0.1, -0.05) is 12.1 Å². The lowest BCUT2D eigenvalue weighted by molar-refractivity contribution is 0.0693. The van der Waals surface area contributed by atoms with Gasteiger partial charge in [-0.2, -0.15) is 0 Å². The fourth-order valence-electron chi connectivity index (χ4n) is 4.11. The number of piperidine rings is 1. The maximum atomic E-state index is 13.1. The van der Waals surface area contributed by atoms with Gasteiger partial charge in [0, 0.05) is 18.7 Å². The molecule has 158 valence electrons. The first kappa shape index (κ1) is 22.0. The monoisotopic (exact) mass is 427 g/mol. The van der Waals surface area contributed by atoms with E-state index in [9.17, 15) is 14.4 Å². The first-order chi connectivity index (χ1) is 13.9. The van der Waals surface area contributed by atoms with Crippen LogP contribution in [0.4, 0.5) is 5.69 Å². The topological polar surface area (TPSA) is 83.7 Å². The van der Waals surface area contributed by atoms with Crippen molar-refractivity contribution >= 4 is 35.8 Å². The average molecular weight is 428 g/mol. The van der Waals surface area contributed by atoms with Gasteiger partial charge in [0.1, 0.15) is 0 Å². The van der Waals surface area contributed by atoms with Crippen LogP contribution in [-0.4, -0.2) is 42.3 Å². The summed E-state index contributed by atoms with van der Waals surface area (Å²) in [6.07, 6.45) is 1.79. The fraction of sp³-hybridized carbons (Fsp3) is 0.348. The molecule has 0 radical (unpaired) electrons. The van der Waals surface area contributed by atoms with Crippen LogP contribution in [0.25, 0.3) is 0 Å². The zero-order valence-corrected chi connectivity index (χ0v) is 18.0. The molecule has 2 aromatic rings. The van der Waals surface area contributed by atoms with Crippen LogP contribution < -0.4 is 10.6 Å². The summed E-state index contributed by atoms with van der Waals surface area (Å²) in [7, 11) is 0. The summed E-state index contributed by atoms with van der Waals surface area (Å²) < 4.78 is 0. The summed E-state index contributed by atoms with van der Waals surface area (Å²) >= 11 is 0. The number of halogens is 1. The van der Waals surface area contributed by atoms with Crippen molar-refractivity contribution in [2.45, 2.75) is 26.7 Å². The zero-order chi connectivity index (χ0) is 20.7. The summed E-state index contributed by atoms with van der Waals surface area (Å²) in [5, 5.41) is 0. The first-order valence-corrected chi connectivity index (χ1v) is 10.00. The Hall–Kier alpha value is -2.70. The molecule has 0 aromatic heterocycles. The highest BCUT2D eigenvalue weighted by Crippen LogP contribution is 2.32. The third-order valence-corrected chi connectivity index (χ3v) is 5.97. The molecule has 2 aliphatic heterocycles. The van der Waals surface area contributed by atoms with Crippen LogP contribution in [0.15, 0.2) is 36.4 Å². The van der Waals surface area contributed by atoms with Gasteiger partial charge in [-0.25, -0.2) is 4.90 Å². The number of carbonyl (C=O) groups is 3. The number of imide groups is 1. The van der Waals surface area contributed by atoms with Crippen molar-refractivity contribution in [3.8, 4) is 0 Å². The molecule has 2 aromatic carbocycles. The molecular weight excluding hydrogens is 402 g/mol. The standard InChI is InChI=1S/C23H25N3O3.ClH/c1-14-3-4-15(2)20(11-14)26-22(28)18-6-5-17(12-19(18)23(26)29)21(27)25-9-7-16(13-24)8-10-25;/h3-6,11-12,16H,7-10,13,24H2,1-2H3;1H. The molecular formula is C23H26ClN3O3. The highest BCUT2D eigenvalue weighted by atomic mass is 35.5. The third kappa shape index (κ3) is 3.73. The normalized spacial score (nSPS) is 16.5. The molecule has 2 aliphatic rings. The van der Waals surface area contributed by atoms with Gasteiger partial charge < -0.3 is 10.6 Å². The maximum Gasteiger partial charge on any atom is 0.266 e. The minimum absolute atomic E-state index is 0. The van der Waals surface area contributed by atoms with E-state index in [1.165, 1.54) is 4.90 Å². The minimum Gasteiger partial charge on any atom is -0.339 e. The highest BCUT2D eigenvalue weighted by molar-refractivity contribution is 6.35. The van der Waals surface area contributed by atoms with Gasteiger partial charge in [0.2, 0.25) is 0 Å². The van der Waals surface area contributed by atoms with Gasteiger partial charge in [-0.15, -0.1) is 12.4 Å². The van der Waals surface area contributed by atoms with E-state index in [1.54, 1.807) is 23.1 Å². The Kier molecular flexibility index (Phi) is 6.29. The van der Waals surface area contributed by atoms with Crippen LogP contribution in [0.3, 0.4) is 0 Å². The van der Waals surface area contributed by atoms with Crippen molar-refractivity contribution in [3.05, 3.63) is 64.2 Å². The van der Waals surface area contributed by atoms with Crippen molar-refractivity contribution in [2.24, 2.45) is 11.7 Å². The zero-order valence-electron chi connectivity index (χ0n) is 17.2. The predicted molar refractivity (Wildman–Crippen MR) is 118 cm³/mol. The number of amides is 3. The quantitative estimate of drug-likeness (QED) is 0.761. The van der Waals surface area contributed by atoms with E-state index in [0.29, 0.717) is 47.9 Å². The van der Waals surface area contributed by atoms with Gasteiger partial charge in [0.25, 0.3) is 17.7 Å². The van der Waals surface area contributed by atoms with Crippen LogP contribution in [-0.2, 0) is 0 Å². The van der Waals surface area contributed by atoms with Crippen molar-refractivity contribution in [1.29, 1.82) is 0 Å². The van der Waals surface area contributed by atoms with Crippen LogP contribution in [0.5, 0.6) is 0 Å². The number of anilines is 1. The van der Waals surface area contributed by atoms with Crippen LogP contribution in [0.2, 0.25) is 0 Å². The van der Waals surface area contributed by atoms with Crippen LogP contribution >= 0.6 is 12.4 Å². The van der Waals surface area contributed by atoms with Crippen molar-refractivity contribution in [3.63, 3.8) is 0 Å². The van der Waals surface area contributed by atoms with Crippen LogP contribution in [0.1, 0.15) is 55.0 Å². The van der Waals surface area contributed by atoms with E-state index < -0.39 is 0 Å². The molecule has 0 saturated carbocycles. The molecule has 30 heavy (non-hydrogen) atoms. The molecule has 0 spiro atoms. The molecule has 2 heterocycles. The molecule has 0 atom stereocenters. The van der Waals surface area contributed by atoms with Crippen molar-refractivity contribution in [1.82, 2.24) is 4.90 Å². The number of hydrogen-bond donors (Lipinski definition) is 1. The Bertz CT molecular complexity index is 1010. The van der Waals surface area contributed by atoms with E-state index in [1.807, 2.05) is 32.0 Å². The second-order valence-corrected chi connectivity index (χ2v) is 7.97. The van der Waals surface area contributed by atoms with Crippen molar-refractivity contribution < 1.29 is 14.4 Å². The lowest BCUT2D eigenvalue weighted by atomic mass is 9.96. The Balaban J connectivity index is 0.00000256. The largest absolute Gasteiger partial charge is 0.339 e. The highest BCUT2D eigenvalue weighted by Gasteiger charge is 2.38. The molecule has 4 rings (SSSR count). The molecule has 0 unspecified atom stereocenters. The fourth-order valence-corrected chi connectivity index (χ4v) is 4.11. The number of aryl methyl sites for hydroxylation is 2. The lowest BCUT2D eigenvalue weighted by Crippen LogP contribution is -2.40. The van der Waals surface area contributed by atoms with Gasteiger partial charge in [-0.3, -0.25) is 14.4 Å². The van der Waals surface area contributed by atoms with Crippen molar-refractivity contribution in [2.75, 3.05) is 24.5 Å². The number of benzene rings is 2. The van der Waals surface area contributed by atoms with E-state index in [2.05, 4.69) is 0 Å². The third-order valence-electron chi connectivity index (χ3n) is 5.97. The van der Waals surface area contributed by atoms with E-state index in [-0.39, 0.29) is 30.1 Å². The number of nitrogens with zero attached hydrogens (tertiary/aromatic N) is 2. The summed E-state index contributed by atoms with van der Waals surface area (Å²) in [5.74, 6) is -0.366. The smallest absolute Gasteiger partial charge is 0.266 e. The second kappa shape index (κ2) is 8.58. The number of likely N-dealkylation sites (tertiary alicyclic amines) is 1.